The van der Waals surface area contributed by atoms with Gasteiger partial charge in [0.05, 0.1) is 16.0 Å². The third-order valence-corrected chi connectivity index (χ3v) is 6.73. The number of ketones is 1. The van der Waals surface area contributed by atoms with Gasteiger partial charge in [0.1, 0.15) is 0 Å². The number of nitrogens with zero attached hydrogens (tertiary/aromatic N) is 1. The number of thioether (sulfide) groups is 1. The number of carbonyl (C=O) groups excluding carboxylic acids is 3. The van der Waals surface area contributed by atoms with Crippen LogP contribution in [0, 0.1) is 0 Å². The summed E-state index contributed by atoms with van der Waals surface area (Å²) in [4.78, 5) is 40.5. The number of carbonyl (C=O) groups is 3. The fourth-order valence-corrected chi connectivity index (χ4v) is 4.86. The molecule has 2 N–H and O–H groups in total. The number of anilines is 2. The molecule has 160 valence electrons. The van der Waals surface area contributed by atoms with Gasteiger partial charge in [0.15, 0.2) is 10.1 Å². The maximum Gasteiger partial charge on any atom is 0.255 e. The van der Waals surface area contributed by atoms with E-state index in [2.05, 4.69) is 15.6 Å². The van der Waals surface area contributed by atoms with Crippen molar-refractivity contribution >= 4 is 62.3 Å². The first-order valence-corrected chi connectivity index (χ1v) is 11.6. The van der Waals surface area contributed by atoms with Crippen LogP contribution in [-0.4, -0.2) is 28.3 Å². The van der Waals surface area contributed by atoms with Crippen molar-refractivity contribution in [3.05, 3.63) is 83.9 Å². The summed E-state index contributed by atoms with van der Waals surface area (Å²) in [6.07, 6.45) is 0. The zero-order valence-electron chi connectivity index (χ0n) is 17.1. The van der Waals surface area contributed by atoms with Crippen molar-refractivity contribution in [3.8, 4) is 0 Å². The minimum atomic E-state index is -0.169. The van der Waals surface area contributed by atoms with Crippen molar-refractivity contribution in [3.63, 3.8) is 0 Å². The maximum absolute atomic E-state index is 12.3. The molecule has 8 heteroatoms. The Morgan fingerprint density at radius 1 is 0.875 bits per heavy atom. The minimum Gasteiger partial charge on any atom is -0.325 e. The highest BCUT2D eigenvalue weighted by molar-refractivity contribution is 8.01. The molecule has 0 aliphatic heterocycles. The van der Waals surface area contributed by atoms with Gasteiger partial charge in [0, 0.05) is 22.5 Å². The molecule has 0 spiro atoms. The smallest absolute Gasteiger partial charge is 0.255 e. The van der Waals surface area contributed by atoms with Crippen molar-refractivity contribution in [2.45, 2.75) is 11.3 Å². The van der Waals surface area contributed by atoms with E-state index in [1.807, 2.05) is 36.4 Å². The van der Waals surface area contributed by atoms with Gasteiger partial charge < -0.3 is 10.6 Å². The molecule has 1 heterocycles. The van der Waals surface area contributed by atoms with E-state index < -0.39 is 0 Å². The zero-order valence-corrected chi connectivity index (χ0v) is 18.8. The SMILES string of the molecule is CC(=O)c1ccc(NC(=O)CSc2nc3ccc(NC(=O)c4ccccc4)cc3s2)cc1. The van der Waals surface area contributed by atoms with Gasteiger partial charge in [0.25, 0.3) is 5.91 Å². The number of aromatic nitrogens is 1. The van der Waals surface area contributed by atoms with E-state index in [-0.39, 0.29) is 23.4 Å². The Morgan fingerprint density at radius 3 is 2.31 bits per heavy atom. The van der Waals surface area contributed by atoms with Crippen LogP contribution in [0.2, 0.25) is 0 Å². The average Bonchev–Trinajstić information content (AvgIpc) is 3.21. The van der Waals surface area contributed by atoms with E-state index in [9.17, 15) is 14.4 Å². The molecule has 0 unspecified atom stereocenters. The van der Waals surface area contributed by atoms with Crippen LogP contribution in [0.4, 0.5) is 11.4 Å². The highest BCUT2D eigenvalue weighted by Gasteiger charge is 2.11. The second-order valence-corrected chi connectivity index (χ2v) is 9.21. The first-order valence-electron chi connectivity index (χ1n) is 9.78. The van der Waals surface area contributed by atoms with Crippen LogP contribution < -0.4 is 10.6 Å². The average molecular weight is 462 g/mol. The summed E-state index contributed by atoms with van der Waals surface area (Å²) in [5, 5.41) is 5.71. The minimum absolute atomic E-state index is 0.0166. The molecule has 0 radical (unpaired) electrons. The molecule has 2 amide bonds. The maximum atomic E-state index is 12.3. The zero-order chi connectivity index (χ0) is 22.5. The molecule has 3 aromatic carbocycles. The van der Waals surface area contributed by atoms with Crippen molar-refractivity contribution in [1.82, 2.24) is 4.98 Å². The summed E-state index contributed by atoms with van der Waals surface area (Å²) in [7, 11) is 0. The molecular weight excluding hydrogens is 442 g/mol. The van der Waals surface area contributed by atoms with Crippen LogP contribution in [0.5, 0.6) is 0 Å². The standard InChI is InChI=1S/C24H19N3O3S2/c1-15(28)16-7-9-18(10-8-16)25-22(29)14-31-24-27-20-12-11-19(13-21(20)32-24)26-23(30)17-5-3-2-4-6-17/h2-13H,14H2,1H3,(H,25,29)(H,26,30). The lowest BCUT2D eigenvalue weighted by Crippen LogP contribution is -2.13. The van der Waals surface area contributed by atoms with Gasteiger partial charge in [0.2, 0.25) is 5.91 Å². The number of thiazole rings is 1. The Bertz CT molecular complexity index is 1290. The molecule has 32 heavy (non-hydrogen) atoms. The number of benzene rings is 3. The first kappa shape index (κ1) is 21.7. The largest absolute Gasteiger partial charge is 0.325 e. The quantitative estimate of drug-likeness (QED) is 0.281. The molecule has 4 aromatic rings. The summed E-state index contributed by atoms with van der Waals surface area (Å²) in [6, 6.07) is 21.4. The number of hydrogen-bond donors (Lipinski definition) is 2. The molecule has 0 fully saturated rings. The van der Waals surface area contributed by atoms with Gasteiger partial charge >= 0.3 is 0 Å². The second-order valence-electron chi connectivity index (χ2n) is 6.95. The number of hydrogen-bond acceptors (Lipinski definition) is 6. The highest BCUT2D eigenvalue weighted by atomic mass is 32.2. The fourth-order valence-electron chi connectivity index (χ4n) is 2.95. The Morgan fingerprint density at radius 2 is 1.59 bits per heavy atom. The lowest BCUT2D eigenvalue weighted by atomic mass is 10.1. The summed E-state index contributed by atoms with van der Waals surface area (Å²) < 4.78 is 1.70. The van der Waals surface area contributed by atoms with E-state index in [0.29, 0.717) is 22.5 Å². The van der Waals surface area contributed by atoms with Crippen molar-refractivity contribution in [2.24, 2.45) is 0 Å². The number of nitrogens with one attached hydrogen (secondary N) is 2. The van der Waals surface area contributed by atoms with Crippen molar-refractivity contribution < 1.29 is 14.4 Å². The Hall–Kier alpha value is -3.49. The predicted octanol–water partition coefficient (Wildman–Crippen LogP) is 5.48. The topological polar surface area (TPSA) is 88.2 Å². The van der Waals surface area contributed by atoms with Gasteiger partial charge in [-0.2, -0.15) is 0 Å². The van der Waals surface area contributed by atoms with E-state index in [1.165, 1.54) is 30.0 Å². The molecule has 0 saturated carbocycles. The van der Waals surface area contributed by atoms with Gasteiger partial charge in [-0.15, -0.1) is 11.3 Å². The molecule has 6 nitrogen and oxygen atoms in total. The molecule has 0 atom stereocenters. The third-order valence-electron chi connectivity index (χ3n) is 4.56. The Balaban J connectivity index is 1.36. The lowest BCUT2D eigenvalue weighted by Gasteiger charge is -2.04. The van der Waals surface area contributed by atoms with Gasteiger partial charge in [-0.3, -0.25) is 14.4 Å². The van der Waals surface area contributed by atoms with Gasteiger partial charge in [-0.1, -0.05) is 30.0 Å². The third kappa shape index (κ3) is 5.40. The number of rotatable bonds is 7. The van der Waals surface area contributed by atoms with Crippen molar-refractivity contribution in [1.29, 1.82) is 0 Å². The fraction of sp³-hybridized carbons (Fsp3) is 0.0833. The van der Waals surface area contributed by atoms with Crippen LogP contribution in [0.1, 0.15) is 27.6 Å². The molecule has 0 aliphatic rings. The monoisotopic (exact) mass is 461 g/mol. The normalized spacial score (nSPS) is 10.7. The summed E-state index contributed by atoms with van der Waals surface area (Å²) >= 11 is 2.82. The van der Waals surface area contributed by atoms with Crippen LogP contribution in [-0.2, 0) is 4.79 Å². The number of Topliss-reactive ketones (excluding diaryl/α,β-unsaturated/α-hetero) is 1. The Kier molecular flexibility index (Phi) is 6.63. The van der Waals surface area contributed by atoms with E-state index >= 15 is 0 Å². The van der Waals surface area contributed by atoms with Gasteiger partial charge in [-0.05, 0) is 61.5 Å². The number of fused-ring (bicyclic) bond motifs is 1. The van der Waals surface area contributed by atoms with Crippen LogP contribution in [0.3, 0.4) is 0 Å². The molecule has 0 bridgehead atoms. The summed E-state index contributed by atoms with van der Waals surface area (Å²) in [5.41, 5.74) is 3.35. The van der Waals surface area contributed by atoms with Crippen molar-refractivity contribution in [2.75, 3.05) is 16.4 Å². The summed E-state index contributed by atoms with van der Waals surface area (Å²) in [5.74, 6) is -0.124. The molecule has 1 aromatic heterocycles. The van der Waals surface area contributed by atoms with Gasteiger partial charge in [-0.25, -0.2) is 4.98 Å². The second kappa shape index (κ2) is 9.76. The number of amides is 2. The van der Waals surface area contributed by atoms with Crippen LogP contribution >= 0.6 is 23.1 Å². The Labute approximate surface area is 193 Å². The highest BCUT2D eigenvalue weighted by Crippen LogP contribution is 2.31. The van der Waals surface area contributed by atoms with E-state index in [0.717, 1.165) is 14.6 Å². The molecular formula is C24H19N3O3S2. The first-order chi connectivity index (χ1) is 15.5. The summed E-state index contributed by atoms with van der Waals surface area (Å²) in [6.45, 7) is 1.50. The van der Waals surface area contributed by atoms with Crippen LogP contribution in [0.15, 0.2) is 77.1 Å². The van der Waals surface area contributed by atoms with Crippen LogP contribution in [0.25, 0.3) is 10.2 Å². The van der Waals surface area contributed by atoms with E-state index in [4.69, 9.17) is 0 Å². The molecule has 0 aliphatic carbocycles. The predicted molar refractivity (Wildman–Crippen MR) is 130 cm³/mol. The molecule has 4 rings (SSSR count). The van der Waals surface area contributed by atoms with E-state index in [1.54, 1.807) is 36.4 Å². The lowest BCUT2D eigenvalue weighted by molar-refractivity contribution is -0.113. The molecule has 0 saturated heterocycles.